The maximum atomic E-state index is 5.91. The molecule has 0 spiro atoms. The van der Waals surface area contributed by atoms with Gasteiger partial charge in [0.15, 0.2) is 0 Å². The van der Waals surface area contributed by atoms with Crippen LogP contribution in [0.25, 0.3) is 10.9 Å². The lowest BCUT2D eigenvalue weighted by Crippen LogP contribution is -1.96. The number of fused-ring (bicyclic) bond motifs is 1. The number of nitrogen functional groups attached to an aromatic ring is 1. The van der Waals surface area contributed by atoms with Gasteiger partial charge in [0.25, 0.3) is 0 Å². The Hall–Kier alpha value is -2.33. The first-order chi connectivity index (χ1) is 10.2. The third-order valence-corrected chi connectivity index (χ3v) is 3.47. The molecule has 0 amide bonds. The molecule has 0 aliphatic heterocycles. The van der Waals surface area contributed by atoms with Gasteiger partial charge < -0.3 is 10.5 Å². The second-order valence-corrected chi connectivity index (χ2v) is 5.10. The molecule has 0 aliphatic rings. The molecular formula is C16H14ClN3O. The standard InChI is InChI=1S/C16H14ClN3O/c1-21-12-4-2-3-10(8-12)7-11-5-6-14-13(9-11)15(18)20-16(17)19-14/h2-6,8-9H,7H2,1H3,(H2,18,19,20). The number of hydrogen-bond acceptors (Lipinski definition) is 4. The van der Waals surface area contributed by atoms with Gasteiger partial charge in [-0.2, -0.15) is 0 Å². The van der Waals surface area contributed by atoms with Crippen molar-refractivity contribution in [3.05, 3.63) is 58.9 Å². The van der Waals surface area contributed by atoms with Gasteiger partial charge in [-0.3, -0.25) is 0 Å². The summed E-state index contributed by atoms with van der Waals surface area (Å²) in [5, 5.41) is 0.986. The first-order valence-corrected chi connectivity index (χ1v) is 6.88. The third-order valence-electron chi connectivity index (χ3n) is 3.30. The molecule has 4 nitrogen and oxygen atoms in total. The Morgan fingerprint density at radius 2 is 1.90 bits per heavy atom. The number of ether oxygens (including phenoxy) is 1. The van der Waals surface area contributed by atoms with E-state index in [1.807, 2.05) is 36.4 Å². The fourth-order valence-electron chi connectivity index (χ4n) is 2.30. The fraction of sp³-hybridized carbons (Fsp3) is 0.125. The van der Waals surface area contributed by atoms with Crippen LogP contribution >= 0.6 is 11.6 Å². The van der Waals surface area contributed by atoms with Crippen LogP contribution in [0.3, 0.4) is 0 Å². The van der Waals surface area contributed by atoms with Crippen molar-refractivity contribution < 1.29 is 4.74 Å². The van der Waals surface area contributed by atoms with Crippen molar-refractivity contribution in [2.24, 2.45) is 0 Å². The van der Waals surface area contributed by atoms with Crippen molar-refractivity contribution >= 4 is 28.3 Å². The molecule has 1 aromatic heterocycles. The molecule has 3 rings (SSSR count). The molecule has 3 aromatic rings. The maximum Gasteiger partial charge on any atom is 0.224 e. The van der Waals surface area contributed by atoms with Gasteiger partial charge in [0.1, 0.15) is 11.6 Å². The number of benzene rings is 2. The fourth-order valence-corrected chi connectivity index (χ4v) is 2.48. The monoisotopic (exact) mass is 299 g/mol. The summed E-state index contributed by atoms with van der Waals surface area (Å²) in [4.78, 5) is 8.16. The van der Waals surface area contributed by atoms with Crippen LogP contribution in [0.15, 0.2) is 42.5 Å². The van der Waals surface area contributed by atoms with Crippen LogP contribution in [0.4, 0.5) is 5.82 Å². The Morgan fingerprint density at radius 1 is 1.10 bits per heavy atom. The summed E-state index contributed by atoms with van der Waals surface area (Å²) in [6.45, 7) is 0. The van der Waals surface area contributed by atoms with Crippen molar-refractivity contribution in [2.45, 2.75) is 6.42 Å². The molecule has 0 fully saturated rings. The van der Waals surface area contributed by atoms with Crippen LogP contribution in [-0.2, 0) is 6.42 Å². The van der Waals surface area contributed by atoms with E-state index in [1.54, 1.807) is 7.11 Å². The number of methoxy groups -OCH3 is 1. The summed E-state index contributed by atoms with van der Waals surface area (Å²) in [5.41, 5.74) is 8.96. The van der Waals surface area contributed by atoms with Crippen molar-refractivity contribution in [3.8, 4) is 5.75 Å². The van der Waals surface area contributed by atoms with Gasteiger partial charge in [0.2, 0.25) is 5.28 Å². The van der Waals surface area contributed by atoms with Crippen molar-refractivity contribution in [3.63, 3.8) is 0 Å². The zero-order chi connectivity index (χ0) is 14.8. The third kappa shape index (κ3) is 2.90. The minimum atomic E-state index is 0.167. The first kappa shape index (κ1) is 13.6. The average Bonchev–Trinajstić information content (AvgIpc) is 2.48. The molecular weight excluding hydrogens is 286 g/mol. The number of hydrogen-bond donors (Lipinski definition) is 1. The van der Waals surface area contributed by atoms with Gasteiger partial charge in [-0.05, 0) is 53.4 Å². The van der Waals surface area contributed by atoms with E-state index in [1.165, 1.54) is 5.56 Å². The molecule has 2 N–H and O–H groups in total. The Morgan fingerprint density at radius 3 is 2.71 bits per heavy atom. The van der Waals surface area contributed by atoms with E-state index < -0.39 is 0 Å². The van der Waals surface area contributed by atoms with Gasteiger partial charge in [-0.15, -0.1) is 0 Å². The molecule has 1 heterocycles. The lowest BCUT2D eigenvalue weighted by atomic mass is 10.0. The zero-order valence-electron chi connectivity index (χ0n) is 11.5. The van der Waals surface area contributed by atoms with Crippen molar-refractivity contribution in [2.75, 3.05) is 12.8 Å². The normalized spacial score (nSPS) is 10.8. The van der Waals surface area contributed by atoms with E-state index >= 15 is 0 Å². The van der Waals surface area contributed by atoms with E-state index in [4.69, 9.17) is 22.1 Å². The van der Waals surface area contributed by atoms with Gasteiger partial charge >= 0.3 is 0 Å². The summed E-state index contributed by atoms with van der Waals surface area (Å²) >= 11 is 5.81. The second-order valence-electron chi connectivity index (χ2n) is 4.76. The number of halogens is 1. The summed E-state index contributed by atoms with van der Waals surface area (Å²) in [7, 11) is 1.66. The summed E-state index contributed by atoms with van der Waals surface area (Å²) < 4.78 is 5.24. The minimum Gasteiger partial charge on any atom is -0.497 e. The smallest absolute Gasteiger partial charge is 0.224 e. The highest BCUT2D eigenvalue weighted by Crippen LogP contribution is 2.23. The van der Waals surface area contributed by atoms with Gasteiger partial charge in [0, 0.05) is 5.39 Å². The van der Waals surface area contributed by atoms with Gasteiger partial charge in [-0.1, -0.05) is 18.2 Å². The Balaban J connectivity index is 1.97. The molecule has 0 radical (unpaired) electrons. The van der Waals surface area contributed by atoms with E-state index in [0.29, 0.717) is 5.82 Å². The topological polar surface area (TPSA) is 61.0 Å². The lowest BCUT2D eigenvalue weighted by Gasteiger charge is -2.07. The van der Waals surface area contributed by atoms with Crippen LogP contribution in [-0.4, -0.2) is 17.1 Å². The number of rotatable bonds is 3. The molecule has 0 saturated carbocycles. The minimum absolute atomic E-state index is 0.167. The van der Waals surface area contributed by atoms with Crippen LogP contribution in [0.5, 0.6) is 5.75 Å². The van der Waals surface area contributed by atoms with Crippen LogP contribution < -0.4 is 10.5 Å². The highest BCUT2D eigenvalue weighted by molar-refractivity contribution is 6.28. The Bertz CT molecular complexity index is 805. The lowest BCUT2D eigenvalue weighted by molar-refractivity contribution is 0.414. The van der Waals surface area contributed by atoms with Crippen molar-refractivity contribution in [1.29, 1.82) is 0 Å². The Kier molecular flexibility index (Phi) is 3.62. The molecule has 0 bridgehead atoms. The number of nitrogens with zero attached hydrogens (tertiary/aromatic N) is 2. The molecule has 0 unspecified atom stereocenters. The summed E-state index contributed by atoms with van der Waals surface area (Å²) in [5.74, 6) is 1.25. The van der Waals surface area contributed by atoms with Gasteiger partial charge in [0.05, 0.1) is 12.6 Å². The zero-order valence-corrected chi connectivity index (χ0v) is 12.3. The number of nitrogens with two attached hydrogens (primary N) is 1. The van der Waals surface area contributed by atoms with Crippen LogP contribution in [0, 0.1) is 0 Å². The number of anilines is 1. The number of aromatic nitrogens is 2. The van der Waals surface area contributed by atoms with Gasteiger partial charge in [-0.25, -0.2) is 9.97 Å². The Labute approximate surface area is 127 Å². The van der Waals surface area contributed by atoms with E-state index in [0.717, 1.165) is 28.6 Å². The van der Waals surface area contributed by atoms with E-state index in [2.05, 4.69) is 16.0 Å². The quantitative estimate of drug-likeness (QED) is 0.752. The van der Waals surface area contributed by atoms with E-state index in [9.17, 15) is 0 Å². The molecule has 0 saturated heterocycles. The second kappa shape index (κ2) is 5.58. The molecule has 0 atom stereocenters. The maximum absolute atomic E-state index is 5.91. The van der Waals surface area contributed by atoms with Crippen LogP contribution in [0.1, 0.15) is 11.1 Å². The molecule has 0 aliphatic carbocycles. The first-order valence-electron chi connectivity index (χ1n) is 6.50. The molecule has 21 heavy (non-hydrogen) atoms. The molecule has 106 valence electrons. The largest absolute Gasteiger partial charge is 0.497 e. The van der Waals surface area contributed by atoms with Crippen LogP contribution in [0.2, 0.25) is 5.28 Å². The highest BCUT2D eigenvalue weighted by atomic mass is 35.5. The molecule has 5 heteroatoms. The van der Waals surface area contributed by atoms with Crippen molar-refractivity contribution in [1.82, 2.24) is 9.97 Å². The summed E-state index contributed by atoms with van der Waals surface area (Å²) in [6, 6.07) is 13.9. The predicted octanol–water partition coefficient (Wildman–Crippen LogP) is 3.46. The highest BCUT2D eigenvalue weighted by Gasteiger charge is 2.06. The molecule has 2 aromatic carbocycles. The summed E-state index contributed by atoms with van der Waals surface area (Å²) in [6.07, 6.45) is 0.787. The van der Waals surface area contributed by atoms with E-state index in [-0.39, 0.29) is 5.28 Å². The average molecular weight is 300 g/mol. The predicted molar refractivity (Wildman–Crippen MR) is 84.8 cm³/mol. The SMILES string of the molecule is COc1cccc(Cc2ccc3nc(Cl)nc(N)c3c2)c1.